The van der Waals surface area contributed by atoms with Crippen molar-refractivity contribution < 1.29 is 0 Å². The average Bonchev–Trinajstić information content (AvgIpc) is 1.90. The van der Waals surface area contributed by atoms with Gasteiger partial charge in [0.05, 0.1) is 0 Å². The molecule has 0 aliphatic carbocycles. The molecule has 1 radical (unpaired) electrons. The molecule has 0 nitrogen and oxygen atoms in total. The molecule has 0 fully saturated rings. The minimum atomic E-state index is 1.29. The van der Waals surface area contributed by atoms with Gasteiger partial charge in [0.2, 0.25) is 0 Å². The Labute approximate surface area is 46.4 Å². The third-order valence-corrected chi connectivity index (χ3v) is 1.26. The predicted octanol–water partition coefficient (Wildman–Crippen LogP) is 0.714. The Bertz CT molecular complexity index is 60.5. The first-order valence-electron chi connectivity index (χ1n) is 2.98. The van der Waals surface area contributed by atoms with Crippen LogP contribution in [-0.4, -0.2) is 19.9 Å². The van der Waals surface area contributed by atoms with Crippen LogP contribution in [0.3, 0.4) is 0 Å². The molecule has 1 aliphatic rings. The van der Waals surface area contributed by atoms with Crippen LogP contribution in [0.1, 0.15) is 19.3 Å². The molecule has 2 heteroatoms. The molecule has 0 unspecified atom stereocenters. The average molecular weight is 90.8 g/mol. The van der Waals surface area contributed by atoms with Crippen LogP contribution in [-0.2, 0) is 0 Å². The molecular weight excluding hydrogens is 81.7 g/mol. The Hall–Kier alpha value is -0.000130. The first-order chi connectivity index (χ1) is 3.50. The Morgan fingerprint density at radius 1 is 1.29 bits per heavy atom. The Morgan fingerprint density at radius 2 is 2.29 bits per heavy atom. The SMILES string of the molecule is [B]1B=CCCCC1. The summed E-state index contributed by atoms with van der Waals surface area (Å²) in [6.45, 7) is 2.17. The molecule has 1 aliphatic heterocycles. The van der Waals surface area contributed by atoms with E-state index in [2.05, 4.69) is 19.9 Å². The van der Waals surface area contributed by atoms with Crippen LogP contribution in [0.4, 0.5) is 0 Å². The molecule has 0 spiro atoms. The molecule has 0 saturated heterocycles. The van der Waals surface area contributed by atoms with Gasteiger partial charge in [-0.05, 0) is 0 Å². The zero-order valence-electron chi connectivity index (χ0n) is 4.56. The van der Waals surface area contributed by atoms with Crippen molar-refractivity contribution in [1.29, 1.82) is 0 Å². The van der Waals surface area contributed by atoms with E-state index in [0.717, 1.165) is 0 Å². The van der Waals surface area contributed by atoms with E-state index in [1.165, 1.54) is 25.6 Å². The fourth-order valence-corrected chi connectivity index (χ4v) is 0.813. The topological polar surface area (TPSA) is 0 Å². The third-order valence-electron chi connectivity index (χ3n) is 1.26. The summed E-state index contributed by atoms with van der Waals surface area (Å²) in [5.41, 5.74) is 0. The fraction of sp³-hybridized carbons (Fsp3) is 0.800. The zero-order valence-corrected chi connectivity index (χ0v) is 4.56. The van der Waals surface area contributed by atoms with Crippen LogP contribution >= 0.6 is 0 Å². The Morgan fingerprint density at radius 3 is 3.29 bits per heavy atom. The van der Waals surface area contributed by atoms with Gasteiger partial charge in [-0.25, -0.2) is 0 Å². The van der Waals surface area contributed by atoms with Gasteiger partial charge in [0.15, 0.2) is 0 Å². The van der Waals surface area contributed by atoms with Gasteiger partial charge in [0.25, 0.3) is 0 Å². The second-order valence-corrected chi connectivity index (χ2v) is 1.95. The molecule has 0 saturated carbocycles. The maximum atomic E-state index is 2.24. The number of rotatable bonds is 0. The standard InChI is InChI=1S/C5H9B2/c1-2-4-6-7-5-3-1/h4H,1-3,5H2. The summed E-state index contributed by atoms with van der Waals surface area (Å²) in [6.07, 6.45) is 5.34. The van der Waals surface area contributed by atoms with Crippen molar-refractivity contribution in [3.8, 4) is 0 Å². The molecule has 1 rings (SSSR count). The second-order valence-electron chi connectivity index (χ2n) is 1.95. The summed E-state index contributed by atoms with van der Waals surface area (Å²) in [5, 5.41) is 0. The molecular formula is C5H9B2. The van der Waals surface area contributed by atoms with Gasteiger partial charge >= 0.3 is 45.5 Å². The van der Waals surface area contributed by atoms with E-state index in [9.17, 15) is 0 Å². The van der Waals surface area contributed by atoms with E-state index >= 15 is 0 Å². The molecule has 7 heavy (non-hydrogen) atoms. The molecule has 0 N–H and O–H groups in total. The summed E-state index contributed by atoms with van der Waals surface area (Å²) < 4.78 is 0. The maximum absolute atomic E-state index is 2.24. The number of hydrogen-bond acceptors (Lipinski definition) is 0. The Kier molecular flexibility index (Phi) is 2.25. The summed E-state index contributed by atoms with van der Waals surface area (Å²) in [5.74, 6) is 2.24. The van der Waals surface area contributed by atoms with Crippen molar-refractivity contribution in [2.24, 2.45) is 0 Å². The second kappa shape index (κ2) is 3.06. The molecule has 0 aromatic rings. The molecule has 0 aromatic heterocycles. The van der Waals surface area contributed by atoms with E-state index in [-0.39, 0.29) is 0 Å². The summed E-state index contributed by atoms with van der Waals surface area (Å²) in [7, 11) is 2.24. The summed E-state index contributed by atoms with van der Waals surface area (Å²) in [6, 6.07) is 0. The van der Waals surface area contributed by atoms with E-state index in [1.807, 2.05) is 0 Å². The van der Waals surface area contributed by atoms with Gasteiger partial charge in [0, 0.05) is 0 Å². The van der Waals surface area contributed by atoms with E-state index in [4.69, 9.17) is 0 Å². The van der Waals surface area contributed by atoms with E-state index in [0.29, 0.717) is 0 Å². The molecule has 0 bridgehead atoms. The Balaban J connectivity index is 2.20. The zero-order chi connectivity index (χ0) is 4.95. The quantitative estimate of drug-likeness (QED) is 0.385. The first kappa shape index (κ1) is 5.14. The number of hydrogen-bond donors (Lipinski definition) is 0. The third kappa shape index (κ3) is 1.96. The van der Waals surface area contributed by atoms with Crippen LogP contribution in [0.5, 0.6) is 0 Å². The van der Waals surface area contributed by atoms with Gasteiger partial charge in [-0.3, -0.25) is 0 Å². The van der Waals surface area contributed by atoms with Crippen LogP contribution in [0.25, 0.3) is 0 Å². The van der Waals surface area contributed by atoms with E-state index in [1.54, 1.807) is 0 Å². The summed E-state index contributed by atoms with van der Waals surface area (Å²) in [4.78, 5) is 0. The van der Waals surface area contributed by atoms with Crippen LogP contribution in [0.15, 0.2) is 0 Å². The minimum absolute atomic E-state index is 1.29. The van der Waals surface area contributed by atoms with Gasteiger partial charge in [-0.2, -0.15) is 0 Å². The van der Waals surface area contributed by atoms with Crippen LogP contribution < -0.4 is 0 Å². The molecule has 35 valence electrons. The first-order valence-corrected chi connectivity index (χ1v) is 2.98. The van der Waals surface area contributed by atoms with Crippen LogP contribution in [0.2, 0.25) is 6.32 Å². The normalized spacial score (nSPS) is 19.4. The predicted molar refractivity (Wildman–Crippen MR) is 36.2 cm³/mol. The van der Waals surface area contributed by atoms with Crippen molar-refractivity contribution in [3.05, 3.63) is 0 Å². The van der Waals surface area contributed by atoms with Crippen molar-refractivity contribution >= 4 is 19.9 Å². The van der Waals surface area contributed by atoms with Gasteiger partial charge in [-0.1, -0.05) is 0 Å². The van der Waals surface area contributed by atoms with E-state index < -0.39 is 0 Å². The summed E-state index contributed by atoms with van der Waals surface area (Å²) >= 11 is 0. The van der Waals surface area contributed by atoms with Crippen molar-refractivity contribution in [1.82, 2.24) is 0 Å². The molecule has 0 aromatic carbocycles. The monoisotopic (exact) mass is 91.1 g/mol. The van der Waals surface area contributed by atoms with Crippen molar-refractivity contribution in [2.45, 2.75) is 25.6 Å². The molecule has 0 atom stereocenters. The van der Waals surface area contributed by atoms with Crippen molar-refractivity contribution in [2.75, 3.05) is 0 Å². The van der Waals surface area contributed by atoms with Gasteiger partial charge in [-0.15, -0.1) is 0 Å². The fourth-order valence-electron chi connectivity index (χ4n) is 0.813. The molecule has 1 heterocycles. The van der Waals surface area contributed by atoms with Crippen LogP contribution in [0, 0.1) is 0 Å². The van der Waals surface area contributed by atoms with Gasteiger partial charge in [0.1, 0.15) is 0 Å². The molecule has 0 amide bonds. The van der Waals surface area contributed by atoms with Gasteiger partial charge < -0.3 is 0 Å². The van der Waals surface area contributed by atoms with Crippen molar-refractivity contribution in [3.63, 3.8) is 0 Å².